The van der Waals surface area contributed by atoms with E-state index in [-0.39, 0.29) is 10.8 Å². The van der Waals surface area contributed by atoms with Gasteiger partial charge in [0.2, 0.25) is 0 Å². The molecule has 12 heavy (non-hydrogen) atoms. The van der Waals surface area contributed by atoms with E-state index < -0.39 is 5.97 Å². The number of carboxylic acids is 1. The van der Waals surface area contributed by atoms with Gasteiger partial charge in [-0.1, -0.05) is 11.6 Å². The lowest BCUT2D eigenvalue weighted by Gasteiger charge is -2.02. The lowest BCUT2D eigenvalue weighted by Crippen LogP contribution is -2.05. The number of nitrogen functional groups attached to an aromatic ring is 1. The number of aromatic carboxylic acids is 1. The van der Waals surface area contributed by atoms with Crippen molar-refractivity contribution >= 4 is 23.3 Å². The Bertz CT molecular complexity index is 338. The van der Waals surface area contributed by atoms with E-state index in [2.05, 4.69) is 4.98 Å². The van der Waals surface area contributed by atoms with Crippen molar-refractivity contribution in [1.82, 2.24) is 4.98 Å². The van der Waals surface area contributed by atoms with Crippen molar-refractivity contribution in [2.24, 2.45) is 0 Å². The lowest BCUT2D eigenvalue weighted by molar-refractivity contribution is 0.0689. The summed E-state index contributed by atoms with van der Waals surface area (Å²) in [6.07, 6.45) is 0. The third-order valence-corrected chi connectivity index (χ3v) is 1.70. The second kappa shape index (κ2) is 2.98. The SMILES string of the molecule is Cc1cc(N)c(Cl)nc1C(=O)O. The van der Waals surface area contributed by atoms with Crippen LogP contribution in [0.4, 0.5) is 5.69 Å². The number of rotatable bonds is 1. The first-order chi connectivity index (χ1) is 5.52. The molecule has 0 aliphatic rings. The van der Waals surface area contributed by atoms with Crippen molar-refractivity contribution in [2.45, 2.75) is 6.92 Å². The summed E-state index contributed by atoms with van der Waals surface area (Å²) in [6.45, 7) is 1.61. The van der Waals surface area contributed by atoms with Crippen LogP contribution in [0.5, 0.6) is 0 Å². The van der Waals surface area contributed by atoms with Crippen LogP contribution in [0.2, 0.25) is 5.15 Å². The molecule has 0 amide bonds. The number of hydrogen-bond donors (Lipinski definition) is 2. The van der Waals surface area contributed by atoms with Crippen molar-refractivity contribution < 1.29 is 9.90 Å². The van der Waals surface area contributed by atoms with Crippen LogP contribution in [0.1, 0.15) is 16.1 Å². The van der Waals surface area contributed by atoms with E-state index in [9.17, 15) is 4.79 Å². The Morgan fingerprint density at radius 3 is 2.83 bits per heavy atom. The normalized spacial score (nSPS) is 9.83. The summed E-state index contributed by atoms with van der Waals surface area (Å²) >= 11 is 5.53. The van der Waals surface area contributed by atoms with Crippen molar-refractivity contribution in [1.29, 1.82) is 0 Å². The first-order valence-electron chi connectivity index (χ1n) is 3.18. The fourth-order valence-corrected chi connectivity index (χ4v) is 0.968. The second-order valence-corrected chi connectivity index (χ2v) is 2.70. The Morgan fingerprint density at radius 2 is 2.33 bits per heavy atom. The number of carboxylic acid groups (broad SMARTS) is 1. The molecule has 64 valence electrons. The molecule has 1 rings (SSSR count). The van der Waals surface area contributed by atoms with Gasteiger partial charge in [-0.05, 0) is 18.6 Å². The zero-order valence-corrected chi connectivity index (χ0v) is 7.09. The van der Waals surface area contributed by atoms with Crippen LogP contribution >= 0.6 is 11.6 Å². The molecule has 0 aromatic carbocycles. The Kier molecular flexibility index (Phi) is 2.19. The molecule has 0 unspecified atom stereocenters. The van der Waals surface area contributed by atoms with Gasteiger partial charge >= 0.3 is 5.97 Å². The highest BCUT2D eigenvalue weighted by Crippen LogP contribution is 2.18. The average Bonchev–Trinajstić information content (AvgIpc) is 1.96. The first kappa shape index (κ1) is 8.80. The summed E-state index contributed by atoms with van der Waals surface area (Å²) in [5, 5.41) is 8.64. The molecule has 0 radical (unpaired) electrons. The van der Waals surface area contributed by atoms with Gasteiger partial charge in [0.25, 0.3) is 0 Å². The Labute approximate surface area is 74.0 Å². The van der Waals surface area contributed by atoms with Crippen LogP contribution in [0.3, 0.4) is 0 Å². The lowest BCUT2D eigenvalue weighted by atomic mass is 10.2. The number of aryl methyl sites for hydroxylation is 1. The van der Waals surface area contributed by atoms with Gasteiger partial charge < -0.3 is 10.8 Å². The van der Waals surface area contributed by atoms with Gasteiger partial charge in [-0.2, -0.15) is 0 Å². The number of anilines is 1. The summed E-state index contributed by atoms with van der Waals surface area (Å²) < 4.78 is 0. The molecule has 1 aromatic rings. The van der Waals surface area contributed by atoms with E-state index in [0.29, 0.717) is 11.3 Å². The van der Waals surface area contributed by atoms with Gasteiger partial charge in [0.15, 0.2) is 10.8 Å². The molecule has 1 heterocycles. The molecule has 1 aromatic heterocycles. The highest BCUT2D eigenvalue weighted by molar-refractivity contribution is 6.32. The van der Waals surface area contributed by atoms with Crippen LogP contribution in [0, 0.1) is 6.92 Å². The molecule has 0 aliphatic heterocycles. The molecule has 0 spiro atoms. The molecular weight excluding hydrogens is 180 g/mol. The van der Waals surface area contributed by atoms with Gasteiger partial charge in [-0.3, -0.25) is 0 Å². The molecule has 0 fully saturated rings. The van der Waals surface area contributed by atoms with Crippen LogP contribution in [0.25, 0.3) is 0 Å². The zero-order valence-electron chi connectivity index (χ0n) is 6.34. The Hall–Kier alpha value is -1.29. The van der Waals surface area contributed by atoms with Crippen LogP contribution in [-0.2, 0) is 0 Å². The quantitative estimate of drug-likeness (QED) is 0.649. The summed E-state index contributed by atoms with van der Waals surface area (Å²) in [4.78, 5) is 14.1. The number of aromatic nitrogens is 1. The van der Waals surface area contributed by atoms with Crippen molar-refractivity contribution in [3.8, 4) is 0 Å². The Morgan fingerprint density at radius 1 is 1.75 bits per heavy atom. The fraction of sp³-hybridized carbons (Fsp3) is 0.143. The maximum atomic E-state index is 10.5. The number of carbonyl (C=O) groups is 1. The predicted octanol–water partition coefficient (Wildman–Crippen LogP) is 1.32. The summed E-state index contributed by atoms with van der Waals surface area (Å²) in [5.74, 6) is -1.10. The van der Waals surface area contributed by atoms with E-state index in [4.69, 9.17) is 22.4 Å². The van der Waals surface area contributed by atoms with Crippen molar-refractivity contribution in [3.63, 3.8) is 0 Å². The third kappa shape index (κ3) is 1.48. The number of hydrogen-bond acceptors (Lipinski definition) is 3. The number of pyridine rings is 1. The minimum absolute atomic E-state index is 0.0259. The van der Waals surface area contributed by atoms with Crippen LogP contribution in [-0.4, -0.2) is 16.1 Å². The van der Waals surface area contributed by atoms with Crippen molar-refractivity contribution in [3.05, 3.63) is 22.5 Å². The number of nitrogens with two attached hydrogens (primary N) is 1. The topological polar surface area (TPSA) is 76.2 Å². The molecule has 0 atom stereocenters. The van der Waals surface area contributed by atoms with Gasteiger partial charge in [0.05, 0.1) is 5.69 Å². The maximum absolute atomic E-state index is 10.5. The molecule has 0 saturated heterocycles. The molecular formula is C7H7ClN2O2. The van der Waals surface area contributed by atoms with Gasteiger partial charge in [0, 0.05) is 0 Å². The van der Waals surface area contributed by atoms with E-state index in [1.54, 1.807) is 6.92 Å². The summed E-state index contributed by atoms with van der Waals surface area (Å²) in [5.41, 5.74) is 6.14. The van der Waals surface area contributed by atoms with Gasteiger partial charge in [-0.15, -0.1) is 0 Å². The van der Waals surface area contributed by atoms with Crippen LogP contribution in [0.15, 0.2) is 6.07 Å². The van der Waals surface area contributed by atoms with E-state index in [1.165, 1.54) is 6.07 Å². The van der Waals surface area contributed by atoms with Crippen LogP contribution < -0.4 is 5.73 Å². The molecule has 4 nitrogen and oxygen atoms in total. The number of nitrogens with zero attached hydrogens (tertiary/aromatic N) is 1. The second-order valence-electron chi connectivity index (χ2n) is 2.34. The van der Waals surface area contributed by atoms with Crippen molar-refractivity contribution in [2.75, 3.05) is 5.73 Å². The number of halogens is 1. The third-order valence-electron chi connectivity index (χ3n) is 1.40. The standard InChI is InChI=1S/C7H7ClN2O2/c1-3-2-4(9)6(8)10-5(3)7(11)12/h2H,9H2,1H3,(H,11,12). The molecule has 0 saturated carbocycles. The van der Waals surface area contributed by atoms with E-state index in [0.717, 1.165) is 0 Å². The van der Waals surface area contributed by atoms with Gasteiger partial charge in [-0.25, -0.2) is 9.78 Å². The highest BCUT2D eigenvalue weighted by atomic mass is 35.5. The average molecular weight is 187 g/mol. The highest BCUT2D eigenvalue weighted by Gasteiger charge is 2.11. The minimum atomic E-state index is -1.10. The zero-order chi connectivity index (χ0) is 9.30. The summed E-state index contributed by atoms with van der Waals surface area (Å²) in [7, 11) is 0. The monoisotopic (exact) mass is 186 g/mol. The molecule has 3 N–H and O–H groups in total. The first-order valence-corrected chi connectivity index (χ1v) is 3.56. The summed E-state index contributed by atoms with van der Waals surface area (Å²) in [6, 6.07) is 1.48. The molecule has 0 bridgehead atoms. The Balaban J connectivity index is 3.33. The minimum Gasteiger partial charge on any atom is -0.477 e. The predicted molar refractivity (Wildman–Crippen MR) is 45.4 cm³/mol. The fourth-order valence-electron chi connectivity index (χ4n) is 0.829. The van der Waals surface area contributed by atoms with E-state index >= 15 is 0 Å². The maximum Gasteiger partial charge on any atom is 0.354 e. The smallest absolute Gasteiger partial charge is 0.354 e. The largest absolute Gasteiger partial charge is 0.477 e. The van der Waals surface area contributed by atoms with Gasteiger partial charge in [0.1, 0.15) is 0 Å². The van der Waals surface area contributed by atoms with E-state index in [1.807, 2.05) is 0 Å². The molecule has 0 aliphatic carbocycles. The molecule has 5 heteroatoms.